The quantitative estimate of drug-likeness (QED) is 0.0178. The van der Waals surface area contributed by atoms with E-state index in [0.29, 0.717) is 28.7 Å². The number of fused-ring (bicyclic) bond motifs is 4. The van der Waals surface area contributed by atoms with Crippen molar-refractivity contribution in [3.63, 3.8) is 0 Å². The van der Waals surface area contributed by atoms with Gasteiger partial charge in [0.2, 0.25) is 0 Å². The molecule has 0 saturated heterocycles. The lowest BCUT2D eigenvalue weighted by Gasteiger charge is -2.24. The smallest absolute Gasteiger partial charge is 0.412 e. The van der Waals surface area contributed by atoms with E-state index >= 15 is 0 Å². The van der Waals surface area contributed by atoms with Crippen LogP contribution in [-0.4, -0.2) is 90.1 Å². The Hall–Kier alpha value is -8.79. The number of likely N-dealkylation sites (N-methyl/N-ethyl adjacent to an activating group) is 1. The number of benzene rings is 11. The van der Waals surface area contributed by atoms with Crippen molar-refractivity contribution in [3.05, 3.63) is 272 Å². The van der Waals surface area contributed by atoms with Crippen LogP contribution < -0.4 is 43.0 Å². The first-order chi connectivity index (χ1) is 57.4. The number of hydrogen-bond acceptors (Lipinski definition) is 20. The predicted molar refractivity (Wildman–Crippen MR) is 486 cm³/mol. The van der Waals surface area contributed by atoms with Crippen molar-refractivity contribution in [2.75, 3.05) is 20.2 Å². The van der Waals surface area contributed by atoms with Crippen molar-refractivity contribution in [3.8, 4) is 28.7 Å². The van der Waals surface area contributed by atoms with Gasteiger partial charge in [-0.05, 0) is 151 Å². The van der Waals surface area contributed by atoms with Crippen molar-refractivity contribution in [1.29, 1.82) is 0 Å². The summed E-state index contributed by atoms with van der Waals surface area (Å²) in [6.45, 7) is 1.91. The second-order valence-corrected chi connectivity index (χ2v) is 43.3. The molecule has 0 spiro atoms. The van der Waals surface area contributed by atoms with Gasteiger partial charge < -0.3 is 46.3 Å². The summed E-state index contributed by atoms with van der Waals surface area (Å²) in [6, 6.07) is 75.3. The molecule has 5 unspecified atom stereocenters. The lowest BCUT2D eigenvalue weighted by molar-refractivity contribution is -0.157. The number of esters is 5. The van der Waals surface area contributed by atoms with Gasteiger partial charge in [-0.1, -0.05) is 238 Å². The van der Waals surface area contributed by atoms with E-state index < -0.39 is 99.6 Å². The second kappa shape index (κ2) is 46.8. The van der Waals surface area contributed by atoms with Gasteiger partial charge in [0.05, 0.1) is 6.61 Å². The summed E-state index contributed by atoms with van der Waals surface area (Å²) in [4.78, 5) is 59.9. The van der Waals surface area contributed by atoms with Gasteiger partial charge in [0.25, 0.3) is 0 Å². The summed E-state index contributed by atoms with van der Waals surface area (Å²) >= 11 is 30.0. The van der Waals surface area contributed by atoms with Gasteiger partial charge in [-0.2, -0.15) is 0 Å². The molecule has 25 nitrogen and oxygen atoms in total. The monoisotopic (exact) mass is 1860 g/mol. The molecule has 0 aliphatic rings. The Morgan fingerprint density at radius 2 is 0.639 bits per heavy atom. The van der Waals surface area contributed by atoms with E-state index in [1.54, 1.807) is 127 Å². The molecule has 11 aromatic rings. The summed E-state index contributed by atoms with van der Waals surface area (Å²) in [5.74, 6) is -1.00. The van der Waals surface area contributed by atoms with Crippen LogP contribution in [0.1, 0.15) is 94.2 Å². The Kier molecular flexibility index (Phi) is 38.5. The van der Waals surface area contributed by atoms with E-state index in [0.717, 1.165) is 58.9 Å². The van der Waals surface area contributed by atoms with E-state index in [1.807, 2.05) is 196 Å². The standard InChI is InChI=1S/C22H23ClNO4P.C20H19ClNO4P.C17H21ClNO4P.C15H17ClNO4P.C13H19ClNO4P/c1-16(2)21(22(25)27-15-17-9-4-3-5-10-17)24-29(23,26)28-20-14-8-12-18-11-6-7-13-19(18)20;1-15(20(23)25-14-16-8-3-2-4-9-16)22-27(21,24)26-19-13-7-11-17-10-5-6-12-18(17)19;1-12(16(20)22-17(2,3)4)19-24(18,21)23-15-11-7-9-13-8-5-6-10-14(13)15;1-3-20-15(18)11-17(2)22(16,19)21-14-10-6-8-12-7-4-5-9-13(12)14;1-10(12(16)18-13(2,3)4)15-20(14,17)19-11-8-6-5-7-9-11/h3-14,16,21H,15H2,1-2H3,(H,24,26);2-13,15H,14H2,1H3,(H,22,24);5-12H,1-4H3,(H,19,21);4-10H,3,11H2,1-2H3;5-10H,1-4H3,(H,15,17)/t21-,29?;15-,27?;12-,24?;;10-,20?/m010.0/s1. The van der Waals surface area contributed by atoms with Crippen molar-refractivity contribution >= 4 is 164 Å². The minimum atomic E-state index is -3.86. The third-order valence-electron chi connectivity index (χ3n) is 16.5. The Bertz CT molecular complexity index is 5550. The molecule has 0 bridgehead atoms. The minimum Gasteiger partial charge on any atom is -0.465 e. The average Bonchev–Trinajstić information content (AvgIpc) is 0.820. The van der Waals surface area contributed by atoms with E-state index in [2.05, 4.69) is 20.3 Å². The van der Waals surface area contributed by atoms with Gasteiger partial charge in [0, 0.05) is 77.7 Å². The first-order valence-corrected chi connectivity index (χ1v) is 50.8. The van der Waals surface area contributed by atoms with Gasteiger partial charge >= 0.3 is 64.2 Å². The van der Waals surface area contributed by atoms with Crippen LogP contribution in [0.5, 0.6) is 28.7 Å². The van der Waals surface area contributed by atoms with Gasteiger partial charge in [0.1, 0.15) is 83.9 Å². The van der Waals surface area contributed by atoms with E-state index in [9.17, 15) is 46.8 Å². The van der Waals surface area contributed by atoms with E-state index in [4.69, 9.17) is 103 Å². The number of halogens is 5. The van der Waals surface area contributed by atoms with Crippen LogP contribution in [-0.2, 0) is 83.7 Å². The number of carbonyl (C=O) groups is 5. The molecule has 11 aromatic carbocycles. The predicted octanol–water partition coefficient (Wildman–Crippen LogP) is 23.9. The molecule has 9 atom stereocenters. The number of carbonyl (C=O) groups excluding carboxylic acids is 5. The van der Waals surface area contributed by atoms with Crippen molar-refractivity contribution in [2.45, 2.75) is 132 Å². The number of para-hydroxylation sites is 1. The SMILES string of the molecule is CC(C)[C@H](NP(=O)(Cl)Oc1cccc2ccccc12)C(=O)OCc1ccccc1.CCOC(=O)CN(C)P(=O)(Cl)Oc1cccc2ccccc12.C[C@@H](NP(=O)(Cl)Oc1cccc2ccccc12)C(=O)OCc1ccccc1.C[C@H](NP(=O)(Cl)Oc1cccc2ccccc12)C(=O)OC(C)(C)C.C[C@H](NP(=O)(Cl)Oc1ccccc1)C(=O)OC(C)(C)C. The van der Waals surface area contributed by atoms with Gasteiger partial charge in [-0.25, -0.2) is 47.8 Å². The third kappa shape index (κ3) is 34.7. The largest absolute Gasteiger partial charge is 0.465 e. The summed E-state index contributed by atoms with van der Waals surface area (Å²) < 4.78 is 117. The van der Waals surface area contributed by atoms with Crippen LogP contribution in [0.3, 0.4) is 0 Å². The Balaban J connectivity index is 0.000000211. The maximum absolute atomic E-state index is 12.9. The summed E-state index contributed by atoms with van der Waals surface area (Å²) in [5.41, 5.74) is 0.465. The van der Waals surface area contributed by atoms with Crippen molar-refractivity contribution < 1.29 is 93.1 Å². The molecule has 11 rings (SSSR count). The van der Waals surface area contributed by atoms with Gasteiger partial charge in [-0.3, -0.25) is 24.0 Å². The molecule has 35 heteroatoms. The molecule has 0 radical (unpaired) electrons. The highest BCUT2D eigenvalue weighted by Gasteiger charge is 2.37. The fourth-order valence-corrected chi connectivity index (χ4v) is 18.8. The lowest BCUT2D eigenvalue weighted by Crippen LogP contribution is -2.40. The highest BCUT2D eigenvalue weighted by atomic mass is 35.7. The first-order valence-electron chi connectivity index (χ1n) is 38.2. The summed E-state index contributed by atoms with van der Waals surface area (Å²) in [7, 11) is 1.45. The highest BCUT2D eigenvalue weighted by molar-refractivity contribution is 7.85. The molecule has 0 aliphatic heterocycles. The molecule has 652 valence electrons. The van der Waals surface area contributed by atoms with E-state index in [1.165, 1.54) is 27.8 Å². The normalized spacial score (nSPS) is 14.8. The Morgan fingerprint density at radius 1 is 0.352 bits per heavy atom. The fourth-order valence-electron chi connectivity index (χ4n) is 10.8. The lowest BCUT2D eigenvalue weighted by atomic mass is 10.1. The third-order valence-corrected chi connectivity index (χ3v) is 25.2. The van der Waals surface area contributed by atoms with Crippen LogP contribution in [0, 0.1) is 5.92 Å². The number of hydrogen-bond donors (Lipinski definition) is 4. The first kappa shape index (κ1) is 100. The zero-order valence-electron chi connectivity index (χ0n) is 69.3. The van der Waals surface area contributed by atoms with Gasteiger partial charge in [-0.15, -0.1) is 0 Å². The van der Waals surface area contributed by atoms with E-state index in [-0.39, 0.29) is 32.3 Å². The molecule has 4 N–H and O–H groups in total. The van der Waals surface area contributed by atoms with Gasteiger partial charge in [0.15, 0.2) is 0 Å². The molecule has 0 amide bonds. The molecule has 0 aromatic heterocycles. The van der Waals surface area contributed by atoms with Crippen LogP contribution in [0.4, 0.5) is 0 Å². The van der Waals surface area contributed by atoms with Crippen molar-refractivity contribution in [1.82, 2.24) is 25.0 Å². The Labute approximate surface area is 735 Å². The van der Waals surface area contributed by atoms with Crippen LogP contribution >= 0.6 is 90.6 Å². The molecule has 0 fully saturated rings. The Morgan fingerprint density at radius 3 is 0.975 bits per heavy atom. The molecule has 122 heavy (non-hydrogen) atoms. The average molecular weight is 1870 g/mol. The van der Waals surface area contributed by atoms with Crippen LogP contribution in [0.15, 0.2) is 261 Å². The molecular weight excluding hydrogens is 1770 g/mol. The maximum atomic E-state index is 12.9. The summed E-state index contributed by atoms with van der Waals surface area (Å²) in [5, 5.41) is 17.1. The topological polar surface area (TPSA) is 314 Å². The molecular formula is C87H99Cl5N5O20P5. The number of nitrogens with zero attached hydrogens (tertiary/aromatic N) is 1. The van der Waals surface area contributed by atoms with Crippen LogP contribution in [0.25, 0.3) is 43.1 Å². The fraction of sp³-hybridized carbons (Fsp3) is 0.276. The molecule has 0 heterocycles. The summed E-state index contributed by atoms with van der Waals surface area (Å²) in [6.07, 6.45) is 0. The van der Waals surface area contributed by atoms with Crippen molar-refractivity contribution in [2.24, 2.45) is 5.92 Å². The highest BCUT2D eigenvalue weighted by Crippen LogP contribution is 2.56. The maximum Gasteiger partial charge on any atom is 0.412 e. The zero-order valence-corrected chi connectivity index (χ0v) is 77.5. The van der Waals surface area contributed by atoms with Crippen LogP contribution in [0.2, 0.25) is 0 Å². The number of nitrogens with one attached hydrogen (secondary N) is 4. The molecule has 0 aliphatic carbocycles. The number of ether oxygens (including phenoxy) is 5. The minimum absolute atomic E-state index is 0.126. The second-order valence-electron chi connectivity index (χ2n) is 29.3. The number of rotatable bonds is 31. The molecule has 0 saturated carbocycles. The zero-order chi connectivity index (χ0) is 89.6.